The van der Waals surface area contributed by atoms with Gasteiger partial charge in [-0.3, -0.25) is 15.6 Å². The summed E-state index contributed by atoms with van der Waals surface area (Å²) in [6.07, 6.45) is 6.82. The summed E-state index contributed by atoms with van der Waals surface area (Å²) in [6, 6.07) is 12.7. The van der Waals surface area contributed by atoms with E-state index in [-0.39, 0.29) is 54.0 Å². The molecule has 0 aliphatic rings. The molecule has 0 spiro atoms. The number of nitriles is 1. The smallest absolute Gasteiger partial charge is 1.00 e. The van der Waals surface area contributed by atoms with Crippen LogP contribution < -0.4 is 59.0 Å². The number of hydrogen-bond acceptors (Lipinski definition) is 7. The summed E-state index contributed by atoms with van der Waals surface area (Å²) < 4.78 is 0. The molecule has 13 heteroatoms. The number of nitrogens with one attached hydrogen (secondary N) is 3. The first kappa shape index (κ1) is 31.1. The SMILES string of the molecule is C[O-].N#Cc1cccc(-c2cn[nH]c2)n1.N=C(N)c1cccc(-c2cn[nH]c2)n1.[Cl-].[NH4+].[Na+]. The van der Waals surface area contributed by atoms with Crippen LogP contribution in [0.2, 0.25) is 0 Å². The third kappa shape index (κ3) is 8.94. The van der Waals surface area contributed by atoms with Crippen LogP contribution in [0.25, 0.3) is 22.5 Å². The number of nitrogens with two attached hydrogens (primary N) is 1. The van der Waals surface area contributed by atoms with Crippen LogP contribution in [0.15, 0.2) is 61.2 Å². The van der Waals surface area contributed by atoms with Crippen molar-refractivity contribution in [2.45, 2.75) is 0 Å². The number of hydrogen-bond donors (Lipinski definition) is 5. The van der Waals surface area contributed by atoms with Crippen molar-refractivity contribution in [3.8, 4) is 28.6 Å². The normalized spacial score (nSPS) is 8.41. The van der Waals surface area contributed by atoms with Crippen molar-refractivity contribution >= 4 is 5.84 Å². The van der Waals surface area contributed by atoms with Crippen LogP contribution in [0.1, 0.15) is 11.4 Å². The molecule has 0 amide bonds. The number of rotatable bonds is 3. The van der Waals surface area contributed by atoms with Gasteiger partial charge in [0.05, 0.1) is 23.8 Å². The molecular weight excluding hydrogens is 443 g/mol. The summed E-state index contributed by atoms with van der Waals surface area (Å²) in [5.74, 6) is -0.0321. The monoisotopic (exact) mass is 464 g/mol. The molecule has 162 valence electrons. The minimum atomic E-state index is -0.0321. The van der Waals surface area contributed by atoms with Gasteiger partial charge in [-0.15, -0.1) is 0 Å². The second kappa shape index (κ2) is 16.6. The molecule has 0 saturated carbocycles. The number of nitrogens with zero attached hydrogens (tertiary/aromatic N) is 5. The third-order valence-corrected chi connectivity index (χ3v) is 3.48. The minimum absolute atomic E-state index is 0. The number of pyridine rings is 2. The summed E-state index contributed by atoms with van der Waals surface area (Å²) >= 11 is 0. The molecule has 0 unspecified atom stereocenters. The molecule has 9 N–H and O–H groups in total. The molecule has 11 nitrogen and oxygen atoms in total. The molecular formula is C19H22ClN10NaO. The van der Waals surface area contributed by atoms with Gasteiger partial charge in [0.15, 0.2) is 0 Å². The van der Waals surface area contributed by atoms with Gasteiger partial charge in [-0.1, -0.05) is 12.1 Å². The Morgan fingerprint density at radius 1 is 0.969 bits per heavy atom. The standard InChI is InChI=1S/C9H9N5.C9H6N4.CH3O.ClH.H3N.Na/c10-9(11)8-3-1-2-7(14-8)6-4-12-13-5-6;10-4-8-2-1-3-9(13-8)7-5-11-12-6-7;1-2;;;/h1-5H,(H3,10,11)(H,12,13);1-3,5-6H,(H,11,12);1H3;1H;1H3;/q;;-1;;;+1. The molecule has 4 aromatic heterocycles. The fourth-order valence-electron chi connectivity index (χ4n) is 2.19. The largest absolute Gasteiger partial charge is 1.00 e. The Hall–Kier alpha value is -3.11. The topological polar surface area (TPSA) is 216 Å². The van der Waals surface area contributed by atoms with E-state index in [1.54, 1.807) is 43.0 Å². The third-order valence-electron chi connectivity index (χ3n) is 3.48. The van der Waals surface area contributed by atoms with E-state index in [4.69, 9.17) is 21.5 Å². The van der Waals surface area contributed by atoms with Gasteiger partial charge in [-0.2, -0.15) is 22.6 Å². The zero-order chi connectivity index (χ0) is 21.1. The molecule has 32 heavy (non-hydrogen) atoms. The molecule has 0 saturated heterocycles. The van der Waals surface area contributed by atoms with Crippen LogP contribution in [0.5, 0.6) is 0 Å². The van der Waals surface area contributed by atoms with Crippen LogP contribution >= 0.6 is 0 Å². The van der Waals surface area contributed by atoms with E-state index in [9.17, 15) is 0 Å². The number of halogens is 1. The molecule has 4 aromatic rings. The average Bonchev–Trinajstić information content (AvgIpc) is 3.50. The van der Waals surface area contributed by atoms with Crippen molar-refractivity contribution in [2.75, 3.05) is 7.11 Å². The molecule has 0 aliphatic heterocycles. The zero-order valence-electron chi connectivity index (χ0n) is 17.9. The van der Waals surface area contributed by atoms with E-state index in [1.807, 2.05) is 24.3 Å². The first-order valence-corrected chi connectivity index (χ1v) is 8.25. The van der Waals surface area contributed by atoms with Crippen molar-refractivity contribution in [1.29, 1.82) is 10.7 Å². The maximum atomic E-state index is 8.62. The molecule has 0 aliphatic carbocycles. The Balaban J connectivity index is 0. The fraction of sp³-hybridized carbons (Fsp3) is 0.0526. The van der Waals surface area contributed by atoms with Crippen LogP contribution in [-0.4, -0.2) is 43.3 Å². The van der Waals surface area contributed by atoms with Gasteiger partial charge in [0.25, 0.3) is 0 Å². The van der Waals surface area contributed by atoms with Gasteiger partial charge in [0, 0.05) is 23.5 Å². The molecule has 0 fully saturated rings. The van der Waals surface area contributed by atoms with E-state index in [0.717, 1.165) is 29.6 Å². The summed E-state index contributed by atoms with van der Waals surface area (Å²) in [6.45, 7) is 0. The first-order valence-electron chi connectivity index (χ1n) is 8.25. The van der Waals surface area contributed by atoms with E-state index >= 15 is 0 Å². The van der Waals surface area contributed by atoms with Crippen molar-refractivity contribution < 1.29 is 47.1 Å². The maximum absolute atomic E-state index is 8.62. The number of amidine groups is 1. The Morgan fingerprint density at radius 2 is 1.47 bits per heavy atom. The summed E-state index contributed by atoms with van der Waals surface area (Å²) in [5, 5.41) is 37.1. The number of aromatic nitrogens is 6. The summed E-state index contributed by atoms with van der Waals surface area (Å²) in [4.78, 5) is 8.32. The Labute approximate surface area is 213 Å². The Bertz CT molecular complexity index is 1080. The van der Waals surface area contributed by atoms with Gasteiger partial charge >= 0.3 is 29.6 Å². The Morgan fingerprint density at radius 3 is 1.91 bits per heavy atom. The van der Waals surface area contributed by atoms with E-state index in [2.05, 4.69) is 30.4 Å². The molecule has 4 heterocycles. The number of aromatic amines is 2. The van der Waals surface area contributed by atoms with E-state index in [0.29, 0.717) is 11.4 Å². The van der Waals surface area contributed by atoms with Gasteiger partial charge in [0.1, 0.15) is 23.3 Å². The second-order valence-electron chi connectivity index (χ2n) is 5.32. The predicted octanol–water partition coefficient (Wildman–Crippen LogP) is -4.54. The van der Waals surface area contributed by atoms with Crippen LogP contribution in [-0.2, 0) is 0 Å². The molecule has 0 radical (unpaired) electrons. The van der Waals surface area contributed by atoms with Crippen LogP contribution in [0.4, 0.5) is 0 Å². The molecule has 0 bridgehead atoms. The van der Waals surface area contributed by atoms with E-state index < -0.39 is 0 Å². The van der Waals surface area contributed by atoms with Gasteiger partial charge in [-0.05, 0) is 24.3 Å². The van der Waals surface area contributed by atoms with Gasteiger partial charge in [-0.25, -0.2) is 9.97 Å². The summed E-state index contributed by atoms with van der Waals surface area (Å²) in [5.41, 5.74) is 9.51. The van der Waals surface area contributed by atoms with Gasteiger partial charge < -0.3 is 29.4 Å². The molecule has 0 atom stereocenters. The predicted molar refractivity (Wildman–Crippen MR) is 111 cm³/mol. The van der Waals surface area contributed by atoms with Crippen molar-refractivity contribution in [1.82, 2.24) is 36.5 Å². The van der Waals surface area contributed by atoms with Crippen molar-refractivity contribution in [3.63, 3.8) is 0 Å². The van der Waals surface area contributed by atoms with E-state index in [1.165, 1.54) is 0 Å². The van der Waals surface area contributed by atoms with Crippen LogP contribution in [0.3, 0.4) is 0 Å². The minimum Gasteiger partial charge on any atom is -1.00 e. The van der Waals surface area contributed by atoms with Crippen molar-refractivity contribution in [3.05, 3.63) is 72.6 Å². The molecule has 0 aromatic carbocycles. The fourth-order valence-corrected chi connectivity index (χ4v) is 2.19. The molecule has 4 rings (SSSR count). The number of nitrogen functional groups attached to an aromatic ring is 1. The zero-order valence-corrected chi connectivity index (χ0v) is 20.6. The first-order chi connectivity index (χ1) is 14.2. The number of H-pyrrole nitrogens is 2. The second-order valence-corrected chi connectivity index (χ2v) is 5.32. The Kier molecular flexibility index (Phi) is 16.1. The van der Waals surface area contributed by atoms with Crippen LogP contribution in [0, 0.1) is 16.7 Å². The van der Waals surface area contributed by atoms with Crippen molar-refractivity contribution in [2.24, 2.45) is 5.73 Å². The quantitative estimate of drug-likeness (QED) is 0.113. The summed E-state index contributed by atoms with van der Waals surface area (Å²) in [7, 11) is 0.750. The number of quaternary nitrogens is 1. The average molecular weight is 465 g/mol. The maximum Gasteiger partial charge on any atom is 1.00 e. The van der Waals surface area contributed by atoms with Gasteiger partial charge in [0.2, 0.25) is 0 Å².